The van der Waals surface area contributed by atoms with Crippen molar-refractivity contribution >= 4 is 33.3 Å². The van der Waals surface area contributed by atoms with Crippen LogP contribution in [-0.2, 0) is 31.3 Å². The number of benzene rings is 2. The summed E-state index contributed by atoms with van der Waals surface area (Å²) < 4.78 is 41.7. The van der Waals surface area contributed by atoms with Crippen LogP contribution in [0, 0.1) is 11.8 Å². The zero-order valence-electron chi connectivity index (χ0n) is 24.5. The lowest BCUT2D eigenvalue weighted by Gasteiger charge is -2.48. The Morgan fingerprint density at radius 1 is 1.21 bits per heavy atom. The third-order valence-electron chi connectivity index (χ3n) is 9.91. The molecule has 2 fully saturated rings. The largest absolute Gasteiger partial charge is 0.490 e. The summed E-state index contributed by atoms with van der Waals surface area (Å²) in [6, 6.07) is 11.4. The monoisotopic (exact) mass is 632 g/mol. The molecule has 6 atom stereocenters. The number of halogens is 1. The molecule has 0 bridgehead atoms. The molecule has 0 aromatic heterocycles. The number of rotatable bonds is 8. The van der Waals surface area contributed by atoms with Crippen LogP contribution in [0.1, 0.15) is 66.9 Å². The summed E-state index contributed by atoms with van der Waals surface area (Å²) in [6.45, 7) is 4.14. The fourth-order valence-corrected chi connectivity index (χ4v) is 8.24. The number of carbonyl (C=O) groups is 1. The third kappa shape index (κ3) is 6.68. The van der Waals surface area contributed by atoms with Gasteiger partial charge in [-0.1, -0.05) is 17.7 Å². The number of hydrogen-bond acceptors (Lipinski definition) is 7. The van der Waals surface area contributed by atoms with Crippen LogP contribution in [0.5, 0.6) is 5.75 Å². The number of anilines is 1. The predicted octanol–water partition coefficient (Wildman–Crippen LogP) is 4.78. The highest BCUT2D eigenvalue weighted by atomic mass is 35.5. The van der Waals surface area contributed by atoms with Crippen molar-refractivity contribution in [3.05, 3.63) is 58.1 Å². The zero-order valence-corrected chi connectivity index (χ0v) is 26.1. The van der Waals surface area contributed by atoms with Gasteiger partial charge in [-0.15, -0.1) is 0 Å². The van der Waals surface area contributed by atoms with E-state index >= 15 is 0 Å². The minimum atomic E-state index is -3.57. The van der Waals surface area contributed by atoms with Crippen molar-refractivity contribution in [1.29, 1.82) is 0 Å². The second-order valence-corrected chi connectivity index (χ2v) is 15.1. The molecule has 2 aromatic rings. The summed E-state index contributed by atoms with van der Waals surface area (Å²) in [6.07, 6.45) is 6.49. The summed E-state index contributed by atoms with van der Waals surface area (Å²) in [5, 5.41) is 15.7. The first kappa shape index (κ1) is 30.6. The van der Waals surface area contributed by atoms with Crippen molar-refractivity contribution in [1.82, 2.24) is 0 Å². The van der Waals surface area contributed by atoms with Gasteiger partial charge in [0.25, 0.3) is 0 Å². The number of nitrogens with zero attached hydrogens (tertiary/aromatic N) is 1. The van der Waals surface area contributed by atoms with Crippen molar-refractivity contribution < 1.29 is 32.5 Å². The van der Waals surface area contributed by atoms with Gasteiger partial charge in [0.1, 0.15) is 5.75 Å². The van der Waals surface area contributed by atoms with Crippen LogP contribution in [0.2, 0.25) is 5.02 Å². The molecule has 1 spiro atoms. The molecule has 1 saturated heterocycles. The van der Waals surface area contributed by atoms with Crippen LogP contribution in [0.4, 0.5) is 5.69 Å². The van der Waals surface area contributed by atoms with Gasteiger partial charge in [0, 0.05) is 29.9 Å². The maximum atomic E-state index is 12.0. The van der Waals surface area contributed by atoms with E-state index in [0.29, 0.717) is 24.2 Å². The lowest BCUT2D eigenvalue weighted by atomic mass is 9.67. The van der Waals surface area contributed by atoms with E-state index in [1.807, 2.05) is 13.0 Å². The van der Waals surface area contributed by atoms with E-state index in [1.54, 1.807) is 18.2 Å². The number of aryl methyl sites for hydroxylation is 1. The second-order valence-electron chi connectivity index (χ2n) is 12.9. The SMILES string of the molecule is C[C@H]1C[C@@H](OCCS(N)(=O)=O)C[C@H]([C@@H]2CCC2CN2C[C@@]3(CCCc4cc(Cl)ccc43)COc3ccc(C(=O)O)cc32)O1. The smallest absolute Gasteiger partial charge is 0.335 e. The normalized spacial score (nSPS) is 30.5. The van der Waals surface area contributed by atoms with E-state index in [0.717, 1.165) is 68.7 Å². The first-order valence-corrected chi connectivity index (χ1v) is 17.4. The topological polar surface area (TPSA) is 128 Å². The molecule has 0 radical (unpaired) electrons. The van der Waals surface area contributed by atoms with E-state index in [-0.39, 0.29) is 41.7 Å². The Morgan fingerprint density at radius 2 is 2.05 bits per heavy atom. The third-order valence-corrected chi connectivity index (χ3v) is 10.9. The predicted molar refractivity (Wildman–Crippen MR) is 165 cm³/mol. The van der Waals surface area contributed by atoms with Crippen LogP contribution < -0.4 is 14.8 Å². The number of sulfonamides is 1. The molecule has 2 aliphatic carbocycles. The van der Waals surface area contributed by atoms with Gasteiger partial charge in [-0.3, -0.25) is 0 Å². The highest BCUT2D eigenvalue weighted by molar-refractivity contribution is 7.89. The number of ether oxygens (including phenoxy) is 3. The van der Waals surface area contributed by atoms with Gasteiger partial charge in [0.15, 0.2) is 0 Å². The maximum absolute atomic E-state index is 12.0. The highest BCUT2D eigenvalue weighted by Crippen LogP contribution is 2.47. The molecular formula is C32H41ClN2O7S. The van der Waals surface area contributed by atoms with Crippen LogP contribution in [0.3, 0.4) is 0 Å². The van der Waals surface area contributed by atoms with Crippen LogP contribution >= 0.6 is 11.6 Å². The number of carboxylic acid groups (broad SMARTS) is 1. The quantitative estimate of drug-likeness (QED) is 0.426. The number of carboxylic acids is 1. The summed E-state index contributed by atoms with van der Waals surface area (Å²) in [5.41, 5.74) is 3.37. The number of nitrogens with two attached hydrogens (primary N) is 1. The van der Waals surface area contributed by atoms with Crippen molar-refractivity contribution in [3.63, 3.8) is 0 Å². The Kier molecular flexibility index (Phi) is 8.69. The fraction of sp³-hybridized carbons (Fsp3) is 0.594. The standard InChI is InChI=1S/C32H41ClN2O7S/c1-20-13-25(40-11-12-43(34,38)39)16-30(42-20)26-7-4-23(26)17-35-18-32(10-2-3-21-14-24(33)6-8-27(21)32)19-41-29-9-5-22(31(36)37)15-28(29)35/h5-6,8-9,14-15,20,23,25-26,30H,2-4,7,10-13,16-19H2,1H3,(H,36,37)(H2,34,38,39)/t20-,23?,25+,26+,30+,32-/m0/s1. The molecule has 234 valence electrons. The van der Waals surface area contributed by atoms with Gasteiger partial charge in [-0.05, 0) is 98.7 Å². The highest BCUT2D eigenvalue weighted by Gasteiger charge is 2.46. The van der Waals surface area contributed by atoms with Gasteiger partial charge < -0.3 is 24.2 Å². The maximum Gasteiger partial charge on any atom is 0.335 e. The molecular weight excluding hydrogens is 592 g/mol. The Morgan fingerprint density at radius 3 is 2.79 bits per heavy atom. The second kappa shape index (κ2) is 12.2. The van der Waals surface area contributed by atoms with Crippen LogP contribution in [0.25, 0.3) is 0 Å². The zero-order chi connectivity index (χ0) is 30.4. The van der Waals surface area contributed by atoms with E-state index < -0.39 is 16.0 Å². The van der Waals surface area contributed by atoms with Crippen LogP contribution in [0.15, 0.2) is 36.4 Å². The molecule has 4 aliphatic rings. The lowest BCUT2D eigenvalue weighted by molar-refractivity contribution is -0.146. The van der Waals surface area contributed by atoms with E-state index in [9.17, 15) is 18.3 Å². The molecule has 1 saturated carbocycles. The molecule has 2 heterocycles. The molecule has 43 heavy (non-hydrogen) atoms. The summed E-state index contributed by atoms with van der Waals surface area (Å²) in [5.74, 6) is 0.242. The molecule has 6 rings (SSSR count). The lowest BCUT2D eigenvalue weighted by Crippen LogP contribution is -2.51. The van der Waals surface area contributed by atoms with Gasteiger partial charge in [-0.2, -0.15) is 0 Å². The number of hydrogen-bond donors (Lipinski definition) is 2. The van der Waals surface area contributed by atoms with Gasteiger partial charge in [0.2, 0.25) is 10.0 Å². The minimum Gasteiger partial charge on any atom is -0.490 e. The van der Waals surface area contributed by atoms with Crippen molar-refractivity contribution in [2.24, 2.45) is 17.0 Å². The molecule has 9 nitrogen and oxygen atoms in total. The Bertz CT molecular complexity index is 1470. The van der Waals surface area contributed by atoms with E-state index in [1.165, 1.54) is 11.1 Å². The first-order valence-electron chi connectivity index (χ1n) is 15.3. The molecule has 2 aromatic carbocycles. The van der Waals surface area contributed by atoms with Gasteiger partial charge >= 0.3 is 5.97 Å². The minimum absolute atomic E-state index is 0.0127. The molecule has 3 N–H and O–H groups in total. The summed E-state index contributed by atoms with van der Waals surface area (Å²) in [7, 11) is -3.57. The summed E-state index contributed by atoms with van der Waals surface area (Å²) >= 11 is 6.39. The number of primary sulfonamides is 1. The van der Waals surface area contributed by atoms with Crippen LogP contribution in [-0.4, -0.2) is 69.9 Å². The average molecular weight is 633 g/mol. The fourth-order valence-electron chi connectivity index (χ4n) is 7.72. The Hall–Kier alpha value is -2.37. The average Bonchev–Trinajstić information content (AvgIpc) is 3.07. The molecule has 11 heteroatoms. The molecule has 1 unspecified atom stereocenters. The van der Waals surface area contributed by atoms with E-state index in [4.69, 9.17) is 31.0 Å². The van der Waals surface area contributed by atoms with Gasteiger partial charge in [0.05, 0.1) is 48.5 Å². The van der Waals surface area contributed by atoms with E-state index in [2.05, 4.69) is 17.0 Å². The van der Waals surface area contributed by atoms with Crippen molar-refractivity contribution in [3.8, 4) is 5.75 Å². The first-order chi connectivity index (χ1) is 20.5. The molecule has 0 amide bonds. The number of fused-ring (bicyclic) bond motifs is 3. The Balaban J connectivity index is 1.25. The Labute approximate surface area is 258 Å². The van der Waals surface area contributed by atoms with Crippen molar-refractivity contribution in [2.75, 3.05) is 37.0 Å². The number of aromatic carboxylic acids is 1. The van der Waals surface area contributed by atoms with Crippen molar-refractivity contribution in [2.45, 2.75) is 75.6 Å². The summed E-state index contributed by atoms with van der Waals surface area (Å²) in [4.78, 5) is 14.3. The molecule has 2 aliphatic heterocycles. The van der Waals surface area contributed by atoms with Gasteiger partial charge in [-0.25, -0.2) is 18.4 Å².